The SMILES string of the molecule is CCCC(O)(C(=O)OCC)c1ccc(-c2cc(Cl)ccc2Cl)cc1. The zero-order valence-electron chi connectivity index (χ0n) is 13.7. The van der Waals surface area contributed by atoms with Crippen molar-refractivity contribution in [3.63, 3.8) is 0 Å². The standard InChI is InChI=1S/C19H20Cl2O3/c1-3-11-19(23,18(22)24-4-2)14-7-5-13(6-8-14)16-12-15(20)9-10-17(16)21/h5-10,12,23H,3-4,11H2,1-2H3. The van der Waals surface area contributed by atoms with E-state index < -0.39 is 11.6 Å². The van der Waals surface area contributed by atoms with E-state index in [1.807, 2.05) is 19.1 Å². The normalized spacial score (nSPS) is 13.4. The maximum absolute atomic E-state index is 12.2. The highest BCUT2D eigenvalue weighted by Gasteiger charge is 2.38. The van der Waals surface area contributed by atoms with E-state index in [-0.39, 0.29) is 6.61 Å². The number of benzene rings is 2. The molecule has 0 saturated carbocycles. The predicted molar refractivity (Wildman–Crippen MR) is 97.3 cm³/mol. The van der Waals surface area contributed by atoms with Crippen LogP contribution in [-0.2, 0) is 15.1 Å². The molecule has 0 amide bonds. The van der Waals surface area contributed by atoms with E-state index in [1.165, 1.54) is 0 Å². The Morgan fingerprint density at radius 2 is 1.79 bits per heavy atom. The quantitative estimate of drug-likeness (QED) is 0.713. The minimum Gasteiger partial charge on any atom is -0.464 e. The first kappa shape index (κ1) is 18.8. The zero-order valence-corrected chi connectivity index (χ0v) is 15.2. The third-order valence-corrected chi connectivity index (χ3v) is 4.39. The van der Waals surface area contributed by atoms with Gasteiger partial charge in [0.25, 0.3) is 0 Å². The van der Waals surface area contributed by atoms with Gasteiger partial charge in [0.1, 0.15) is 0 Å². The summed E-state index contributed by atoms with van der Waals surface area (Å²) in [5, 5.41) is 12.0. The average Bonchev–Trinajstić information content (AvgIpc) is 2.57. The van der Waals surface area contributed by atoms with Crippen LogP contribution in [0.25, 0.3) is 11.1 Å². The lowest BCUT2D eigenvalue weighted by atomic mass is 9.88. The number of aliphatic hydroxyl groups is 1. The lowest BCUT2D eigenvalue weighted by Crippen LogP contribution is -2.37. The summed E-state index contributed by atoms with van der Waals surface area (Å²) in [6, 6.07) is 12.3. The van der Waals surface area contributed by atoms with Gasteiger partial charge in [-0.25, -0.2) is 4.79 Å². The minimum atomic E-state index is -1.64. The molecule has 2 aromatic carbocycles. The maximum Gasteiger partial charge on any atom is 0.342 e. The Morgan fingerprint density at radius 1 is 1.12 bits per heavy atom. The Kier molecular flexibility index (Phi) is 6.27. The summed E-state index contributed by atoms with van der Waals surface area (Å²) in [4.78, 5) is 12.2. The van der Waals surface area contributed by atoms with E-state index in [0.717, 1.165) is 11.1 Å². The molecular weight excluding hydrogens is 347 g/mol. The molecule has 3 nitrogen and oxygen atoms in total. The largest absolute Gasteiger partial charge is 0.464 e. The van der Waals surface area contributed by atoms with Crippen LogP contribution >= 0.6 is 23.2 Å². The van der Waals surface area contributed by atoms with Crippen molar-refractivity contribution in [2.24, 2.45) is 0 Å². The molecule has 0 saturated heterocycles. The average molecular weight is 367 g/mol. The van der Waals surface area contributed by atoms with Crippen molar-refractivity contribution in [1.29, 1.82) is 0 Å². The second-order valence-corrected chi connectivity index (χ2v) is 6.38. The summed E-state index contributed by atoms with van der Waals surface area (Å²) in [7, 11) is 0. The zero-order chi connectivity index (χ0) is 17.7. The van der Waals surface area contributed by atoms with Crippen LogP contribution < -0.4 is 0 Å². The van der Waals surface area contributed by atoms with Gasteiger partial charge < -0.3 is 9.84 Å². The molecule has 0 aliphatic heterocycles. The molecule has 0 aliphatic carbocycles. The van der Waals surface area contributed by atoms with Gasteiger partial charge in [0.15, 0.2) is 5.60 Å². The van der Waals surface area contributed by atoms with E-state index in [1.54, 1.807) is 37.3 Å². The van der Waals surface area contributed by atoms with Crippen molar-refractivity contribution in [1.82, 2.24) is 0 Å². The fourth-order valence-corrected chi connectivity index (χ4v) is 3.02. The topological polar surface area (TPSA) is 46.5 Å². The summed E-state index contributed by atoms with van der Waals surface area (Å²) in [5.74, 6) is -0.625. The fourth-order valence-electron chi connectivity index (χ4n) is 2.62. The highest BCUT2D eigenvalue weighted by Crippen LogP contribution is 2.33. The first-order valence-electron chi connectivity index (χ1n) is 7.88. The van der Waals surface area contributed by atoms with Crippen LogP contribution in [-0.4, -0.2) is 17.7 Å². The van der Waals surface area contributed by atoms with Gasteiger partial charge in [-0.15, -0.1) is 0 Å². The van der Waals surface area contributed by atoms with Crippen molar-refractivity contribution in [2.45, 2.75) is 32.3 Å². The Balaban J connectivity index is 2.39. The molecule has 0 radical (unpaired) electrons. The van der Waals surface area contributed by atoms with Gasteiger partial charge in [-0.05, 0) is 42.7 Å². The molecule has 2 rings (SSSR count). The number of ether oxygens (including phenoxy) is 1. The van der Waals surface area contributed by atoms with E-state index in [9.17, 15) is 9.90 Å². The minimum absolute atomic E-state index is 0.223. The lowest BCUT2D eigenvalue weighted by Gasteiger charge is -2.26. The number of rotatable bonds is 6. The Labute approximate surface area is 152 Å². The molecule has 0 bridgehead atoms. The first-order chi connectivity index (χ1) is 11.4. The molecule has 0 aliphatic rings. The maximum atomic E-state index is 12.2. The molecule has 1 N–H and O–H groups in total. The van der Waals surface area contributed by atoms with Crippen LogP contribution in [0.2, 0.25) is 10.0 Å². The molecular formula is C19H20Cl2O3. The number of carbonyl (C=O) groups is 1. The molecule has 2 aromatic rings. The monoisotopic (exact) mass is 366 g/mol. The van der Waals surface area contributed by atoms with Gasteiger partial charge in [0.2, 0.25) is 0 Å². The summed E-state index contributed by atoms with van der Waals surface area (Å²) < 4.78 is 5.04. The van der Waals surface area contributed by atoms with Gasteiger partial charge in [0, 0.05) is 15.6 Å². The van der Waals surface area contributed by atoms with Crippen LogP contribution in [0.15, 0.2) is 42.5 Å². The van der Waals surface area contributed by atoms with Crippen LogP contribution in [0, 0.1) is 0 Å². The smallest absolute Gasteiger partial charge is 0.342 e. The predicted octanol–water partition coefficient (Wildman–Crippen LogP) is 5.21. The van der Waals surface area contributed by atoms with Gasteiger partial charge in [0.05, 0.1) is 6.61 Å². The highest BCUT2D eigenvalue weighted by atomic mass is 35.5. The van der Waals surface area contributed by atoms with Crippen LogP contribution in [0.5, 0.6) is 0 Å². The van der Waals surface area contributed by atoms with Crippen molar-refractivity contribution in [3.05, 3.63) is 58.1 Å². The van der Waals surface area contributed by atoms with Gasteiger partial charge >= 0.3 is 5.97 Å². The summed E-state index contributed by atoms with van der Waals surface area (Å²) in [5.41, 5.74) is 0.519. The van der Waals surface area contributed by atoms with E-state index in [4.69, 9.17) is 27.9 Å². The van der Waals surface area contributed by atoms with Gasteiger partial charge in [-0.1, -0.05) is 60.8 Å². The molecule has 128 valence electrons. The van der Waals surface area contributed by atoms with Crippen molar-refractivity contribution in [3.8, 4) is 11.1 Å². The molecule has 0 spiro atoms. The summed E-state index contributed by atoms with van der Waals surface area (Å²) in [6.45, 7) is 3.85. The van der Waals surface area contributed by atoms with E-state index >= 15 is 0 Å². The second kappa shape index (κ2) is 8.02. The Bertz CT molecular complexity index is 713. The number of hydrogen-bond donors (Lipinski definition) is 1. The second-order valence-electron chi connectivity index (χ2n) is 5.53. The highest BCUT2D eigenvalue weighted by molar-refractivity contribution is 6.35. The van der Waals surface area contributed by atoms with E-state index in [2.05, 4.69) is 0 Å². The van der Waals surface area contributed by atoms with Crippen LogP contribution in [0.3, 0.4) is 0 Å². The number of halogens is 2. The first-order valence-corrected chi connectivity index (χ1v) is 8.63. The molecule has 24 heavy (non-hydrogen) atoms. The molecule has 1 unspecified atom stereocenters. The molecule has 1 atom stereocenters. The van der Waals surface area contributed by atoms with Crippen LogP contribution in [0.1, 0.15) is 32.3 Å². The Hall–Kier alpha value is -1.55. The Morgan fingerprint density at radius 3 is 2.38 bits per heavy atom. The van der Waals surface area contributed by atoms with E-state index in [0.29, 0.717) is 28.5 Å². The third-order valence-electron chi connectivity index (χ3n) is 3.83. The molecule has 0 aromatic heterocycles. The lowest BCUT2D eigenvalue weighted by molar-refractivity contribution is -0.167. The molecule has 5 heteroatoms. The fraction of sp³-hybridized carbons (Fsp3) is 0.316. The van der Waals surface area contributed by atoms with Gasteiger partial charge in [-0.2, -0.15) is 0 Å². The third kappa shape index (κ3) is 3.92. The van der Waals surface area contributed by atoms with Crippen molar-refractivity contribution >= 4 is 29.2 Å². The summed E-state index contributed by atoms with van der Waals surface area (Å²) in [6.07, 6.45) is 0.945. The number of carbonyl (C=O) groups excluding carboxylic acids is 1. The summed E-state index contributed by atoms with van der Waals surface area (Å²) >= 11 is 12.2. The number of hydrogen-bond acceptors (Lipinski definition) is 3. The molecule has 0 fully saturated rings. The molecule has 0 heterocycles. The number of esters is 1. The van der Waals surface area contributed by atoms with Gasteiger partial charge in [-0.3, -0.25) is 0 Å². The van der Waals surface area contributed by atoms with Crippen LogP contribution in [0.4, 0.5) is 0 Å². The van der Waals surface area contributed by atoms with Crippen molar-refractivity contribution < 1.29 is 14.6 Å². The van der Waals surface area contributed by atoms with Crippen molar-refractivity contribution in [2.75, 3.05) is 6.61 Å².